The van der Waals surface area contributed by atoms with E-state index in [1.165, 1.54) is 6.20 Å². The summed E-state index contributed by atoms with van der Waals surface area (Å²) in [6, 6.07) is 9.60. The molecule has 0 aliphatic carbocycles. The lowest BCUT2D eigenvalue weighted by Crippen LogP contribution is -2.07. The van der Waals surface area contributed by atoms with E-state index in [2.05, 4.69) is 22.0 Å². The van der Waals surface area contributed by atoms with Gasteiger partial charge in [-0.05, 0) is 42.2 Å². The molecule has 0 aliphatic rings. The number of benzene rings is 1. The number of aromatic carboxylic acids is 1. The smallest absolute Gasteiger partial charge is 0.337 e. The van der Waals surface area contributed by atoms with Crippen LogP contribution in [-0.4, -0.2) is 30.8 Å². The number of pyridine rings is 1. The number of carbonyl (C=O) groups is 1. The second-order valence-corrected chi connectivity index (χ2v) is 6.26. The molecule has 0 unspecified atom stereocenters. The van der Waals surface area contributed by atoms with Gasteiger partial charge in [-0.3, -0.25) is 4.98 Å². The maximum absolute atomic E-state index is 11.5. The largest absolute Gasteiger partial charge is 0.478 e. The predicted molar refractivity (Wildman–Crippen MR) is 99.1 cm³/mol. The molecular formula is C20H22N4O2. The molecule has 0 aliphatic heterocycles. The van der Waals surface area contributed by atoms with Crippen LogP contribution in [0.15, 0.2) is 42.7 Å². The quantitative estimate of drug-likeness (QED) is 0.702. The fraction of sp³-hybridized carbons (Fsp3) is 0.300. The molecule has 0 atom stereocenters. The van der Waals surface area contributed by atoms with Gasteiger partial charge in [-0.15, -0.1) is 0 Å². The average molecular weight is 350 g/mol. The summed E-state index contributed by atoms with van der Waals surface area (Å²) in [5.41, 5.74) is 2.77. The van der Waals surface area contributed by atoms with Gasteiger partial charge >= 0.3 is 5.97 Å². The molecule has 1 N–H and O–H groups in total. The van der Waals surface area contributed by atoms with E-state index in [1.807, 2.05) is 35.9 Å². The number of unbranched alkanes of at least 4 members (excludes halogenated alkanes) is 1. The molecule has 0 radical (unpaired) electrons. The van der Waals surface area contributed by atoms with Gasteiger partial charge in [-0.25, -0.2) is 14.5 Å². The Balaban J connectivity index is 1.91. The lowest BCUT2D eigenvalue weighted by Gasteiger charge is -2.09. The van der Waals surface area contributed by atoms with Gasteiger partial charge in [0, 0.05) is 18.8 Å². The van der Waals surface area contributed by atoms with Crippen molar-refractivity contribution in [3.8, 4) is 11.1 Å². The molecule has 3 aromatic rings. The number of aromatic nitrogens is 4. The van der Waals surface area contributed by atoms with Gasteiger partial charge in [0.2, 0.25) is 0 Å². The van der Waals surface area contributed by atoms with Gasteiger partial charge in [0.25, 0.3) is 0 Å². The third kappa shape index (κ3) is 3.96. The van der Waals surface area contributed by atoms with Crippen LogP contribution in [0.2, 0.25) is 0 Å². The van der Waals surface area contributed by atoms with E-state index in [9.17, 15) is 9.90 Å². The number of rotatable bonds is 7. The normalized spacial score (nSPS) is 10.8. The summed E-state index contributed by atoms with van der Waals surface area (Å²) < 4.78 is 1.94. The summed E-state index contributed by atoms with van der Waals surface area (Å²) >= 11 is 0. The van der Waals surface area contributed by atoms with Crippen molar-refractivity contribution in [2.24, 2.45) is 0 Å². The molecule has 0 spiro atoms. The number of hydrogen-bond donors (Lipinski definition) is 1. The Kier molecular flexibility index (Phi) is 5.41. The molecular weight excluding hydrogens is 328 g/mol. The highest BCUT2D eigenvalue weighted by atomic mass is 16.4. The van der Waals surface area contributed by atoms with Crippen LogP contribution >= 0.6 is 0 Å². The summed E-state index contributed by atoms with van der Waals surface area (Å²) in [6.07, 6.45) is 6.09. The van der Waals surface area contributed by atoms with Crippen molar-refractivity contribution < 1.29 is 9.90 Å². The molecule has 3 rings (SSSR count). The van der Waals surface area contributed by atoms with Crippen molar-refractivity contribution in [2.75, 3.05) is 0 Å². The van der Waals surface area contributed by atoms with E-state index in [0.29, 0.717) is 12.1 Å². The lowest BCUT2D eigenvalue weighted by atomic mass is 10.00. The van der Waals surface area contributed by atoms with Crippen LogP contribution in [0.5, 0.6) is 0 Å². The topological polar surface area (TPSA) is 80.9 Å². The third-order valence-corrected chi connectivity index (χ3v) is 4.23. The minimum atomic E-state index is -0.979. The van der Waals surface area contributed by atoms with E-state index >= 15 is 0 Å². The molecule has 0 fully saturated rings. The van der Waals surface area contributed by atoms with Gasteiger partial charge < -0.3 is 5.11 Å². The Bertz CT molecular complexity index is 918. The van der Waals surface area contributed by atoms with Crippen LogP contribution in [0, 0.1) is 6.92 Å². The molecule has 0 bridgehead atoms. The number of nitrogens with zero attached hydrogens (tertiary/aromatic N) is 4. The first kappa shape index (κ1) is 17.8. The van der Waals surface area contributed by atoms with Gasteiger partial charge in [-0.2, -0.15) is 5.10 Å². The van der Waals surface area contributed by atoms with Crippen molar-refractivity contribution in [3.63, 3.8) is 0 Å². The van der Waals surface area contributed by atoms with Gasteiger partial charge in [-0.1, -0.05) is 31.5 Å². The van der Waals surface area contributed by atoms with Crippen molar-refractivity contribution in [1.29, 1.82) is 0 Å². The fourth-order valence-electron chi connectivity index (χ4n) is 2.97. The summed E-state index contributed by atoms with van der Waals surface area (Å²) in [4.78, 5) is 19.9. The van der Waals surface area contributed by atoms with Crippen molar-refractivity contribution in [1.82, 2.24) is 19.7 Å². The highest BCUT2D eigenvalue weighted by molar-refractivity contribution is 5.95. The van der Waals surface area contributed by atoms with E-state index in [-0.39, 0.29) is 5.56 Å². The van der Waals surface area contributed by atoms with Crippen LogP contribution in [0.3, 0.4) is 0 Å². The first-order valence-corrected chi connectivity index (χ1v) is 8.75. The Hall–Kier alpha value is -3.02. The Labute approximate surface area is 152 Å². The standard InChI is InChI=1S/C20H22N4O2/c1-3-4-8-19-22-14(2)23-24(19)13-15-6-5-7-16(11-15)17-9-10-21-12-18(17)20(25)26/h5-7,9-12H,3-4,8,13H2,1-2H3,(H,25,26). The second kappa shape index (κ2) is 7.91. The molecule has 26 heavy (non-hydrogen) atoms. The molecule has 134 valence electrons. The summed E-state index contributed by atoms with van der Waals surface area (Å²) in [5.74, 6) is 0.784. The molecule has 6 nitrogen and oxygen atoms in total. The van der Waals surface area contributed by atoms with Crippen LogP contribution in [-0.2, 0) is 13.0 Å². The molecule has 0 amide bonds. The molecule has 6 heteroatoms. The minimum absolute atomic E-state index is 0.199. The first-order valence-electron chi connectivity index (χ1n) is 8.75. The minimum Gasteiger partial charge on any atom is -0.478 e. The van der Waals surface area contributed by atoms with E-state index in [0.717, 1.165) is 42.0 Å². The number of hydrogen-bond acceptors (Lipinski definition) is 4. The Morgan fingerprint density at radius 1 is 1.27 bits per heavy atom. The van der Waals surface area contributed by atoms with Crippen LogP contribution in [0.1, 0.15) is 47.3 Å². The maximum Gasteiger partial charge on any atom is 0.337 e. The fourth-order valence-corrected chi connectivity index (χ4v) is 2.97. The molecule has 2 aromatic heterocycles. The Morgan fingerprint density at radius 3 is 2.88 bits per heavy atom. The van der Waals surface area contributed by atoms with Crippen LogP contribution < -0.4 is 0 Å². The van der Waals surface area contributed by atoms with E-state index in [4.69, 9.17) is 0 Å². The SMILES string of the molecule is CCCCc1nc(C)nn1Cc1cccc(-c2ccncc2C(=O)O)c1. The van der Waals surface area contributed by atoms with Crippen molar-refractivity contribution in [2.45, 2.75) is 39.7 Å². The van der Waals surface area contributed by atoms with Crippen molar-refractivity contribution in [3.05, 3.63) is 65.5 Å². The molecule has 0 saturated heterocycles. The van der Waals surface area contributed by atoms with Gasteiger partial charge in [0.1, 0.15) is 11.6 Å². The monoisotopic (exact) mass is 350 g/mol. The zero-order valence-electron chi connectivity index (χ0n) is 15.0. The third-order valence-electron chi connectivity index (χ3n) is 4.23. The summed E-state index contributed by atoms with van der Waals surface area (Å²) in [7, 11) is 0. The van der Waals surface area contributed by atoms with Crippen LogP contribution in [0.4, 0.5) is 0 Å². The zero-order valence-corrected chi connectivity index (χ0v) is 15.0. The maximum atomic E-state index is 11.5. The number of carboxylic acids is 1. The summed E-state index contributed by atoms with van der Waals surface area (Å²) in [5, 5.41) is 13.9. The highest BCUT2D eigenvalue weighted by Crippen LogP contribution is 2.24. The average Bonchev–Trinajstić information content (AvgIpc) is 2.99. The number of aryl methyl sites for hydroxylation is 2. The van der Waals surface area contributed by atoms with Gasteiger partial charge in [0.15, 0.2) is 0 Å². The second-order valence-electron chi connectivity index (χ2n) is 6.26. The first-order chi connectivity index (χ1) is 12.6. The van der Waals surface area contributed by atoms with Crippen LogP contribution in [0.25, 0.3) is 11.1 Å². The molecule has 1 aromatic carbocycles. The predicted octanol–water partition coefficient (Wildman–Crippen LogP) is 3.74. The molecule has 0 saturated carbocycles. The molecule has 2 heterocycles. The highest BCUT2D eigenvalue weighted by Gasteiger charge is 2.13. The van der Waals surface area contributed by atoms with E-state index in [1.54, 1.807) is 12.3 Å². The summed E-state index contributed by atoms with van der Waals surface area (Å²) in [6.45, 7) is 4.67. The lowest BCUT2D eigenvalue weighted by molar-refractivity contribution is 0.0697. The Morgan fingerprint density at radius 2 is 2.12 bits per heavy atom. The zero-order chi connectivity index (χ0) is 18.5. The number of carboxylic acid groups (broad SMARTS) is 1. The van der Waals surface area contributed by atoms with Crippen molar-refractivity contribution >= 4 is 5.97 Å². The van der Waals surface area contributed by atoms with E-state index < -0.39 is 5.97 Å². The van der Waals surface area contributed by atoms with Gasteiger partial charge in [0.05, 0.1) is 12.1 Å².